The SMILES string of the molecule is O=C(O)C1CCCN(S(=O)(=O)NCCOc2ccccc2F)C1. The Morgan fingerprint density at radius 3 is 2.87 bits per heavy atom. The Hall–Kier alpha value is -1.71. The van der Waals surface area contributed by atoms with Crippen molar-refractivity contribution in [3.8, 4) is 5.75 Å². The van der Waals surface area contributed by atoms with E-state index in [2.05, 4.69) is 4.72 Å². The number of benzene rings is 1. The molecule has 0 radical (unpaired) electrons. The van der Waals surface area contributed by atoms with Gasteiger partial charge in [-0.25, -0.2) is 4.39 Å². The number of hydrogen-bond donors (Lipinski definition) is 2. The Kier molecular flexibility index (Phi) is 5.91. The van der Waals surface area contributed by atoms with Gasteiger partial charge in [-0.15, -0.1) is 0 Å². The van der Waals surface area contributed by atoms with Crippen molar-refractivity contribution in [1.29, 1.82) is 0 Å². The third-order valence-electron chi connectivity index (χ3n) is 3.55. The van der Waals surface area contributed by atoms with Gasteiger partial charge in [0, 0.05) is 19.6 Å². The summed E-state index contributed by atoms with van der Waals surface area (Å²) < 4.78 is 46.2. The second kappa shape index (κ2) is 7.71. The van der Waals surface area contributed by atoms with Crippen LogP contribution >= 0.6 is 0 Å². The number of piperidine rings is 1. The van der Waals surface area contributed by atoms with Gasteiger partial charge in [-0.3, -0.25) is 4.79 Å². The molecule has 1 heterocycles. The Morgan fingerprint density at radius 1 is 1.43 bits per heavy atom. The molecule has 7 nitrogen and oxygen atoms in total. The topological polar surface area (TPSA) is 95.9 Å². The number of carboxylic acids is 1. The molecule has 0 amide bonds. The lowest BCUT2D eigenvalue weighted by atomic mass is 10.0. The van der Waals surface area contributed by atoms with Crippen molar-refractivity contribution in [2.75, 3.05) is 26.2 Å². The summed E-state index contributed by atoms with van der Waals surface area (Å²) >= 11 is 0. The lowest BCUT2D eigenvalue weighted by Crippen LogP contribution is -2.48. The minimum atomic E-state index is -3.77. The highest BCUT2D eigenvalue weighted by molar-refractivity contribution is 7.87. The molecule has 1 saturated heterocycles. The van der Waals surface area contributed by atoms with Gasteiger partial charge in [0.05, 0.1) is 5.92 Å². The summed E-state index contributed by atoms with van der Waals surface area (Å²) in [7, 11) is -3.77. The Balaban J connectivity index is 1.82. The van der Waals surface area contributed by atoms with Crippen LogP contribution in [0.15, 0.2) is 24.3 Å². The highest BCUT2D eigenvalue weighted by Crippen LogP contribution is 2.19. The van der Waals surface area contributed by atoms with Crippen LogP contribution in [0.3, 0.4) is 0 Å². The molecule has 1 atom stereocenters. The molecular weight excluding hydrogens is 327 g/mol. The van der Waals surface area contributed by atoms with Crippen LogP contribution in [-0.2, 0) is 15.0 Å². The maximum Gasteiger partial charge on any atom is 0.307 e. The van der Waals surface area contributed by atoms with Gasteiger partial charge in [-0.1, -0.05) is 12.1 Å². The van der Waals surface area contributed by atoms with Crippen LogP contribution in [0, 0.1) is 11.7 Å². The number of halogens is 1. The molecule has 1 aromatic carbocycles. The van der Waals surface area contributed by atoms with E-state index in [1.165, 1.54) is 18.2 Å². The first-order chi connectivity index (χ1) is 10.9. The fourth-order valence-electron chi connectivity index (χ4n) is 2.35. The van der Waals surface area contributed by atoms with Gasteiger partial charge in [0.15, 0.2) is 11.6 Å². The van der Waals surface area contributed by atoms with E-state index in [1.54, 1.807) is 6.07 Å². The Morgan fingerprint density at radius 2 is 2.17 bits per heavy atom. The third-order valence-corrected chi connectivity index (χ3v) is 5.13. The predicted molar refractivity (Wildman–Crippen MR) is 80.8 cm³/mol. The minimum absolute atomic E-state index is 0.0314. The summed E-state index contributed by atoms with van der Waals surface area (Å²) in [6, 6.07) is 5.84. The molecule has 1 unspecified atom stereocenters. The van der Waals surface area contributed by atoms with Crippen molar-refractivity contribution in [1.82, 2.24) is 9.03 Å². The van der Waals surface area contributed by atoms with Crippen molar-refractivity contribution in [2.24, 2.45) is 5.92 Å². The number of carbonyl (C=O) groups is 1. The molecule has 0 saturated carbocycles. The van der Waals surface area contributed by atoms with Gasteiger partial charge in [0.2, 0.25) is 0 Å². The number of carboxylic acid groups (broad SMARTS) is 1. The van der Waals surface area contributed by atoms with E-state index in [0.29, 0.717) is 12.8 Å². The molecule has 0 aliphatic carbocycles. The number of rotatable bonds is 7. The van der Waals surface area contributed by atoms with Crippen LogP contribution < -0.4 is 9.46 Å². The summed E-state index contributed by atoms with van der Waals surface area (Å²) in [6.45, 7) is 0.174. The van der Waals surface area contributed by atoms with Gasteiger partial charge < -0.3 is 9.84 Å². The average Bonchev–Trinajstić information content (AvgIpc) is 2.53. The van der Waals surface area contributed by atoms with Crippen molar-refractivity contribution in [3.05, 3.63) is 30.1 Å². The molecule has 2 N–H and O–H groups in total. The van der Waals surface area contributed by atoms with Gasteiger partial charge in [0.1, 0.15) is 6.61 Å². The highest BCUT2D eigenvalue weighted by atomic mass is 32.2. The first-order valence-corrected chi connectivity index (χ1v) is 8.69. The molecule has 0 bridgehead atoms. The van der Waals surface area contributed by atoms with E-state index in [0.717, 1.165) is 4.31 Å². The number of hydrogen-bond acceptors (Lipinski definition) is 4. The number of para-hydroxylation sites is 1. The van der Waals surface area contributed by atoms with E-state index < -0.39 is 27.9 Å². The van der Waals surface area contributed by atoms with E-state index in [4.69, 9.17) is 9.84 Å². The maximum atomic E-state index is 13.3. The summed E-state index contributed by atoms with van der Waals surface area (Å²) in [4.78, 5) is 11.0. The molecule has 1 aliphatic heterocycles. The molecule has 1 aromatic rings. The number of nitrogens with one attached hydrogen (secondary N) is 1. The smallest absolute Gasteiger partial charge is 0.307 e. The first kappa shape index (κ1) is 17.6. The number of aliphatic carboxylic acids is 1. The van der Waals surface area contributed by atoms with Crippen molar-refractivity contribution in [2.45, 2.75) is 12.8 Å². The van der Waals surface area contributed by atoms with Crippen LogP contribution in [0.4, 0.5) is 4.39 Å². The maximum absolute atomic E-state index is 13.3. The lowest BCUT2D eigenvalue weighted by molar-refractivity contribution is -0.142. The largest absolute Gasteiger partial charge is 0.489 e. The zero-order chi connectivity index (χ0) is 16.9. The molecule has 0 aromatic heterocycles. The van der Waals surface area contributed by atoms with E-state index in [1.807, 2.05) is 0 Å². The molecule has 23 heavy (non-hydrogen) atoms. The molecule has 128 valence electrons. The fourth-order valence-corrected chi connectivity index (χ4v) is 3.62. The standard InChI is InChI=1S/C14H19FN2O5S/c15-12-5-1-2-6-13(12)22-9-7-16-23(20,21)17-8-3-4-11(10-17)14(18)19/h1-2,5-6,11,16H,3-4,7-10H2,(H,18,19). The molecular formula is C14H19FN2O5S. The van der Waals surface area contributed by atoms with Crippen molar-refractivity contribution >= 4 is 16.2 Å². The summed E-state index contributed by atoms with van der Waals surface area (Å²) in [5.74, 6) is -2.14. The van der Waals surface area contributed by atoms with Gasteiger partial charge in [-0.05, 0) is 25.0 Å². The normalized spacial score (nSPS) is 19.4. The van der Waals surface area contributed by atoms with Crippen molar-refractivity contribution < 1.29 is 27.4 Å². The minimum Gasteiger partial charge on any atom is -0.489 e. The molecule has 1 aliphatic rings. The first-order valence-electron chi connectivity index (χ1n) is 7.25. The molecule has 2 rings (SSSR count). The monoisotopic (exact) mass is 346 g/mol. The second-order valence-electron chi connectivity index (χ2n) is 5.21. The van der Waals surface area contributed by atoms with Crippen LogP contribution in [0.2, 0.25) is 0 Å². The lowest BCUT2D eigenvalue weighted by Gasteiger charge is -2.29. The third kappa shape index (κ3) is 4.88. The second-order valence-corrected chi connectivity index (χ2v) is 6.97. The fraction of sp³-hybridized carbons (Fsp3) is 0.500. The van der Waals surface area contributed by atoms with Gasteiger partial charge >= 0.3 is 5.97 Å². The Bertz CT molecular complexity index is 652. The van der Waals surface area contributed by atoms with Gasteiger partial charge in [-0.2, -0.15) is 17.4 Å². The summed E-state index contributed by atoms with van der Waals surface area (Å²) in [5, 5.41) is 8.99. The Labute approximate surface area is 134 Å². The summed E-state index contributed by atoms with van der Waals surface area (Å²) in [5.41, 5.74) is 0. The van der Waals surface area contributed by atoms with Crippen LogP contribution in [-0.4, -0.2) is 50.0 Å². The van der Waals surface area contributed by atoms with Crippen LogP contribution in [0.25, 0.3) is 0 Å². The van der Waals surface area contributed by atoms with E-state index in [-0.39, 0.29) is 32.0 Å². The van der Waals surface area contributed by atoms with E-state index in [9.17, 15) is 17.6 Å². The molecule has 1 fully saturated rings. The molecule has 0 spiro atoms. The van der Waals surface area contributed by atoms with E-state index >= 15 is 0 Å². The number of ether oxygens (including phenoxy) is 1. The van der Waals surface area contributed by atoms with Crippen LogP contribution in [0.1, 0.15) is 12.8 Å². The van der Waals surface area contributed by atoms with Crippen LogP contribution in [0.5, 0.6) is 5.75 Å². The highest BCUT2D eigenvalue weighted by Gasteiger charge is 2.31. The quantitative estimate of drug-likeness (QED) is 0.713. The van der Waals surface area contributed by atoms with Gasteiger partial charge in [0.25, 0.3) is 10.2 Å². The zero-order valence-corrected chi connectivity index (χ0v) is 13.3. The molecule has 9 heteroatoms. The summed E-state index contributed by atoms with van der Waals surface area (Å²) in [6.07, 6.45) is 0.974. The average molecular weight is 346 g/mol. The number of nitrogens with zero attached hydrogens (tertiary/aromatic N) is 1. The predicted octanol–water partition coefficient (Wildman–Crippen LogP) is 0.836. The zero-order valence-electron chi connectivity index (χ0n) is 12.4. The van der Waals surface area contributed by atoms with Crippen molar-refractivity contribution in [3.63, 3.8) is 0 Å².